The van der Waals surface area contributed by atoms with Crippen LogP contribution >= 0.6 is 0 Å². The molecule has 3 aromatic rings. The summed E-state index contributed by atoms with van der Waals surface area (Å²) in [5.74, 6) is 0. The van der Waals surface area contributed by atoms with E-state index in [-0.39, 0.29) is 0 Å². The molecule has 0 amide bonds. The fraction of sp³-hybridized carbons (Fsp3) is 0.294. The molecule has 2 aromatic heterocycles. The molecule has 0 fully saturated rings. The average Bonchev–Trinajstić information content (AvgIpc) is 3.09. The van der Waals surface area contributed by atoms with Crippen molar-refractivity contribution in [2.75, 3.05) is 0 Å². The van der Waals surface area contributed by atoms with Crippen LogP contribution in [0.1, 0.15) is 35.6 Å². The molecule has 0 aliphatic heterocycles. The molecular weight excluding hydrogens is 262 g/mol. The van der Waals surface area contributed by atoms with Gasteiger partial charge in [0.15, 0.2) is 6.29 Å². The van der Waals surface area contributed by atoms with Crippen LogP contribution in [-0.2, 0) is 19.5 Å². The van der Waals surface area contributed by atoms with Crippen molar-refractivity contribution in [2.24, 2.45) is 0 Å². The van der Waals surface area contributed by atoms with Gasteiger partial charge in [0.2, 0.25) is 0 Å². The number of aromatic nitrogens is 3. The number of aldehydes is 1. The van der Waals surface area contributed by atoms with Crippen LogP contribution in [0.25, 0.3) is 10.9 Å². The molecule has 0 unspecified atom stereocenters. The number of carbonyl (C=O) groups is 1. The molecule has 4 nitrogen and oxygen atoms in total. The Morgan fingerprint density at radius 2 is 2.05 bits per heavy atom. The molecule has 0 saturated heterocycles. The van der Waals surface area contributed by atoms with Gasteiger partial charge < -0.3 is 4.57 Å². The van der Waals surface area contributed by atoms with Crippen LogP contribution in [0.15, 0.2) is 36.5 Å². The Morgan fingerprint density at radius 1 is 1.24 bits per heavy atom. The fourth-order valence-corrected chi connectivity index (χ4v) is 2.76. The summed E-state index contributed by atoms with van der Waals surface area (Å²) in [4.78, 5) is 11.2. The van der Waals surface area contributed by atoms with Gasteiger partial charge in [0, 0.05) is 29.2 Å². The van der Waals surface area contributed by atoms with E-state index in [1.165, 1.54) is 5.69 Å². The molecule has 1 aromatic carbocycles. The first-order valence-corrected chi connectivity index (χ1v) is 7.35. The molecule has 21 heavy (non-hydrogen) atoms. The second-order valence-corrected chi connectivity index (χ2v) is 5.14. The number of para-hydroxylation sites is 1. The van der Waals surface area contributed by atoms with Gasteiger partial charge in [-0.2, -0.15) is 5.10 Å². The molecule has 2 heterocycles. The Balaban J connectivity index is 2.06. The van der Waals surface area contributed by atoms with E-state index in [0.717, 1.165) is 48.0 Å². The van der Waals surface area contributed by atoms with Gasteiger partial charge in [-0.25, -0.2) is 0 Å². The molecule has 108 valence electrons. The summed E-state index contributed by atoms with van der Waals surface area (Å²) in [7, 11) is 0. The quantitative estimate of drug-likeness (QED) is 0.673. The molecule has 3 rings (SSSR count). The molecule has 0 aliphatic rings. The Hall–Kier alpha value is -2.36. The molecule has 0 atom stereocenters. The van der Waals surface area contributed by atoms with Crippen LogP contribution in [0.3, 0.4) is 0 Å². The summed E-state index contributed by atoms with van der Waals surface area (Å²) in [5.41, 5.74) is 4.11. The van der Waals surface area contributed by atoms with E-state index >= 15 is 0 Å². The van der Waals surface area contributed by atoms with Crippen molar-refractivity contribution in [3.63, 3.8) is 0 Å². The van der Waals surface area contributed by atoms with Crippen LogP contribution in [0.2, 0.25) is 0 Å². The zero-order valence-corrected chi connectivity index (χ0v) is 12.4. The zero-order chi connectivity index (χ0) is 14.8. The van der Waals surface area contributed by atoms with E-state index < -0.39 is 0 Å². The van der Waals surface area contributed by atoms with E-state index in [9.17, 15) is 4.79 Å². The second-order valence-electron chi connectivity index (χ2n) is 5.14. The van der Waals surface area contributed by atoms with Gasteiger partial charge in [0.1, 0.15) is 0 Å². The van der Waals surface area contributed by atoms with E-state index in [4.69, 9.17) is 0 Å². The lowest BCUT2D eigenvalue weighted by Gasteiger charge is -2.07. The van der Waals surface area contributed by atoms with Crippen LogP contribution in [0.4, 0.5) is 0 Å². The van der Waals surface area contributed by atoms with E-state index in [1.54, 1.807) is 0 Å². The third kappa shape index (κ3) is 2.37. The predicted octanol–water partition coefficient (Wildman–Crippen LogP) is 3.28. The SMILES string of the molecule is CCc1cc(Cn2cc(C=O)c3ccccc32)n(CC)n1. The van der Waals surface area contributed by atoms with Gasteiger partial charge in [0.05, 0.1) is 17.9 Å². The van der Waals surface area contributed by atoms with Crippen molar-refractivity contribution in [1.82, 2.24) is 14.3 Å². The first-order valence-electron chi connectivity index (χ1n) is 7.35. The molecular formula is C17H19N3O. The van der Waals surface area contributed by atoms with Crippen molar-refractivity contribution in [2.45, 2.75) is 33.4 Å². The third-order valence-electron chi connectivity index (χ3n) is 3.85. The zero-order valence-electron chi connectivity index (χ0n) is 12.4. The van der Waals surface area contributed by atoms with Crippen molar-refractivity contribution in [1.29, 1.82) is 0 Å². The average molecular weight is 281 g/mol. The van der Waals surface area contributed by atoms with Gasteiger partial charge in [-0.3, -0.25) is 9.48 Å². The lowest BCUT2D eigenvalue weighted by Crippen LogP contribution is -2.07. The van der Waals surface area contributed by atoms with Crippen molar-refractivity contribution in [3.05, 3.63) is 53.5 Å². The normalized spacial score (nSPS) is 11.1. The lowest BCUT2D eigenvalue weighted by molar-refractivity contribution is 0.112. The standard InChI is InChI=1S/C17H19N3O/c1-3-14-9-15(20(4-2)18-14)11-19-10-13(12-21)16-7-5-6-8-17(16)19/h5-10,12H,3-4,11H2,1-2H3. The van der Waals surface area contributed by atoms with Crippen molar-refractivity contribution < 1.29 is 4.79 Å². The topological polar surface area (TPSA) is 39.8 Å². The van der Waals surface area contributed by atoms with Gasteiger partial charge in [0.25, 0.3) is 0 Å². The Kier molecular flexibility index (Phi) is 3.60. The van der Waals surface area contributed by atoms with Gasteiger partial charge >= 0.3 is 0 Å². The summed E-state index contributed by atoms with van der Waals surface area (Å²) in [6, 6.07) is 10.2. The maximum Gasteiger partial charge on any atom is 0.152 e. The number of hydrogen-bond acceptors (Lipinski definition) is 2. The van der Waals surface area contributed by atoms with Crippen LogP contribution in [0.5, 0.6) is 0 Å². The van der Waals surface area contributed by atoms with Gasteiger partial charge in [-0.1, -0.05) is 25.1 Å². The molecule has 0 saturated carbocycles. The fourth-order valence-electron chi connectivity index (χ4n) is 2.76. The Bertz CT molecular complexity index is 783. The van der Waals surface area contributed by atoms with E-state index in [0.29, 0.717) is 0 Å². The van der Waals surface area contributed by atoms with E-state index in [1.807, 2.05) is 29.1 Å². The van der Waals surface area contributed by atoms with Crippen LogP contribution in [-0.4, -0.2) is 20.6 Å². The minimum absolute atomic E-state index is 0.731. The maximum absolute atomic E-state index is 11.2. The smallest absolute Gasteiger partial charge is 0.152 e. The summed E-state index contributed by atoms with van der Waals surface area (Å²) < 4.78 is 4.16. The predicted molar refractivity (Wildman–Crippen MR) is 83.7 cm³/mol. The largest absolute Gasteiger partial charge is 0.341 e. The number of benzene rings is 1. The monoisotopic (exact) mass is 281 g/mol. The number of carbonyl (C=O) groups excluding carboxylic acids is 1. The Morgan fingerprint density at radius 3 is 2.76 bits per heavy atom. The number of aryl methyl sites for hydroxylation is 2. The second kappa shape index (κ2) is 5.56. The van der Waals surface area contributed by atoms with Crippen LogP contribution < -0.4 is 0 Å². The van der Waals surface area contributed by atoms with Gasteiger partial charge in [-0.15, -0.1) is 0 Å². The first kappa shape index (κ1) is 13.6. The highest BCUT2D eigenvalue weighted by atomic mass is 16.1. The maximum atomic E-state index is 11.2. The van der Waals surface area contributed by atoms with Gasteiger partial charge in [-0.05, 0) is 25.5 Å². The third-order valence-corrected chi connectivity index (χ3v) is 3.85. The minimum atomic E-state index is 0.731. The first-order chi connectivity index (χ1) is 10.3. The summed E-state index contributed by atoms with van der Waals surface area (Å²) >= 11 is 0. The molecule has 0 N–H and O–H groups in total. The Labute approximate surface area is 124 Å². The molecule has 0 bridgehead atoms. The lowest BCUT2D eigenvalue weighted by atomic mass is 10.2. The molecule has 4 heteroatoms. The molecule has 0 aliphatic carbocycles. The van der Waals surface area contributed by atoms with Crippen molar-refractivity contribution >= 4 is 17.2 Å². The minimum Gasteiger partial charge on any atom is -0.341 e. The van der Waals surface area contributed by atoms with E-state index in [2.05, 4.69) is 35.6 Å². The van der Waals surface area contributed by atoms with Crippen molar-refractivity contribution in [3.8, 4) is 0 Å². The summed E-state index contributed by atoms with van der Waals surface area (Å²) in [6.45, 7) is 5.80. The number of nitrogens with zero attached hydrogens (tertiary/aromatic N) is 3. The number of fused-ring (bicyclic) bond motifs is 1. The molecule has 0 radical (unpaired) electrons. The molecule has 0 spiro atoms. The highest BCUT2D eigenvalue weighted by Gasteiger charge is 2.11. The highest BCUT2D eigenvalue weighted by molar-refractivity contribution is 5.97. The number of hydrogen-bond donors (Lipinski definition) is 0. The summed E-state index contributed by atoms with van der Waals surface area (Å²) in [5, 5.41) is 5.59. The van der Waals surface area contributed by atoms with Crippen LogP contribution in [0, 0.1) is 0 Å². The summed E-state index contributed by atoms with van der Waals surface area (Å²) in [6.07, 6.45) is 3.79. The highest BCUT2D eigenvalue weighted by Crippen LogP contribution is 2.21. The number of rotatable bonds is 5.